The number of rotatable bonds is 1. The van der Waals surface area contributed by atoms with Gasteiger partial charge in [-0.2, -0.15) is 0 Å². The van der Waals surface area contributed by atoms with Crippen LogP contribution in [-0.2, 0) is 0 Å². The summed E-state index contributed by atoms with van der Waals surface area (Å²) in [6.07, 6.45) is 5.24. The molecule has 1 N–H and O–H groups in total. The molecular formula is C9H16O. The van der Waals surface area contributed by atoms with Gasteiger partial charge < -0.3 is 5.11 Å². The molecule has 0 radical (unpaired) electrons. The van der Waals surface area contributed by atoms with E-state index in [9.17, 15) is 5.11 Å². The van der Waals surface area contributed by atoms with Crippen LogP contribution in [0.4, 0.5) is 0 Å². The maximum atomic E-state index is 9.43. The molecule has 1 aliphatic carbocycles. The summed E-state index contributed by atoms with van der Waals surface area (Å²) in [5.74, 6) is 0.968. The van der Waals surface area contributed by atoms with Crippen molar-refractivity contribution in [2.75, 3.05) is 0 Å². The van der Waals surface area contributed by atoms with E-state index in [1.165, 1.54) is 6.42 Å². The number of hydrogen-bond donors (Lipinski definition) is 1. The van der Waals surface area contributed by atoms with Gasteiger partial charge in [-0.05, 0) is 24.7 Å². The summed E-state index contributed by atoms with van der Waals surface area (Å²) in [6, 6.07) is 0. The molecule has 58 valence electrons. The second kappa shape index (κ2) is 3.20. The molecule has 0 saturated heterocycles. The van der Waals surface area contributed by atoms with Gasteiger partial charge in [-0.3, -0.25) is 0 Å². The summed E-state index contributed by atoms with van der Waals surface area (Å²) in [7, 11) is 0. The van der Waals surface area contributed by atoms with Crippen molar-refractivity contribution in [1.29, 1.82) is 0 Å². The van der Waals surface area contributed by atoms with Gasteiger partial charge in [0.25, 0.3) is 0 Å². The molecule has 3 atom stereocenters. The van der Waals surface area contributed by atoms with Gasteiger partial charge in [0.1, 0.15) is 0 Å². The van der Waals surface area contributed by atoms with E-state index in [-0.39, 0.29) is 6.10 Å². The predicted molar refractivity (Wildman–Crippen MR) is 42.7 cm³/mol. The predicted octanol–water partition coefficient (Wildman–Crippen LogP) is 1.97. The second-order valence-corrected chi connectivity index (χ2v) is 3.26. The van der Waals surface area contributed by atoms with Crippen molar-refractivity contribution in [3.05, 3.63) is 12.7 Å². The smallest absolute Gasteiger partial charge is 0.0571 e. The Kier molecular flexibility index (Phi) is 2.50. The van der Waals surface area contributed by atoms with Crippen molar-refractivity contribution in [2.24, 2.45) is 11.8 Å². The molecule has 1 rings (SSSR count). The zero-order chi connectivity index (χ0) is 7.56. The van der Waals surface area contributed by atoms with Crippen molar-refractivity contribution < 1.29 is 5.11 Å². The minimum atomic E-state index is -0.0863. The Balaban J connectivity index is 2.50. The zero-order valence-corrected chi connectivity index (χ0v) is 6.59. The van der Waals surface area contributed by atoms with Gasteiger partial charge >= 0.3 is 0 Å². The Labute approximate surface area is 62.8 Å². The summed E-state index contributed by atoms with van der Waals surface area (Å²) < 4.78 is 0. The lowest BCUT2D eigenvalue weighted by Crippen LogP contribution is -2.28. The molecular weight excluding hydrogens is 124 g/mol. The lowest BCUT2D eigenvalue weighted by atomic mass is 9.79. The van der Waals surface area contributed by atoms with Gasteiger partial charge in [0.15, 0.2) is 0 Å². The highest BCUT2D eigenvalue weighted by Crippen LogP contribution is 2.30. The van der Waals surface area contributed by atoms with Crippen molar-refractivity contribution >= 4 is 0 Å². The second-order valence-electron chi connectivity index (χ2n) is 3.26. The van der Waals surface area contributed by atoms with Gasteiger partial charge in [0, 0.05) is 0 Å². The Morgan fingerprint density at radius 2 is 2.20 bits per heavy atom. The van der Waals surface area contributed by atoms with E-state index < -0.39 is 0 Å². The third-order valence-corrected chi connectivity index (χ3v) is 2.62. The van der Waals surface area contributed by atoms with E-state index in [1.54, 1.807) is 0 Å². The number of aliphatic hydroxyl groups excluding tert-OH is 1. The minimum Gasteiger partial charge on any atom is -0.393 e. The van der Waals surface area contributed by atoms with Crippen molar-refractivity contribution in [2.45, 2.75) is 32.3 Å². The molecule has 0 aromatic rings. The van der Waals surface area contributed by atoms with Gasteiger partial charge in [0.2, 0.25) is 0 Å². The molecule has 1 saturated carbocycles. The van der Waals surface area contributed by atoms with Gasteiger partial charge in [-0.15, -0.1) is 6.58 Å². The molecule has 1 heteroatoms. The van der Waals surface area contributed by atoms with E-state index in [0.29, 0.717) is 11.8 Å². The molecule has 1 fully saturated rings. The third-order valence-electron chi connectivity index (χ3n) is 2.62. The van der Waals surface area contributed by atoms with Crippen LogP contribution in [0.15, 0.2) is 12.7 Å². The molecule has 0 amide bonds. The lowest BCUT2D eigenvalue weighted by Gasteiger charge is -2.30. The fourth-order valence-electron chi connectivity index (χ4n) is 1.71. The maximum Gasteiger partial charge on any atom is 0.0571 e. The molecule has 0 aromatic heterocycles. The normalized spacial score (nSPS) is 41.2. The standard InChI is InChI=1S/C9H16O/c1-3-8-5-4-6-9(10)7(8)2/h3,7-10H,1,4-6H2,2H3/t7-,8-,9-/m0/s1. The monoisotopic (exact) mass is 140 g/mol. The SMILES string of the molecule is C=C[C@H]1CCC[C@H](O)[C@H]1C. The van der Waals surface area contributed by atoms with Crippen LogP contribution in [0.2, 0.25) is 0 Å². The topological polar surface area (TPSA) is 20.2 Å². The summed E-state index contributed by atoms with van der Waals surface area (Å²) in [6.45, 7) is 5.87. The highest BCUT2D eigenvalue weighted by Gasteiger charge is 2.25. The molecule has 1 nitrogen and oxygen atoms in total. The first-order chi connectivity index (χ1) is 4.75. The van der Waals surface area contributed by atoms with Crippen LogP contribution in [0.1, 0.15) is 26.2 Å². The van der Waals surface area contributed by atoms with Crippen LogP contribution in [0.3, 0.4) is 0 Å². The van der Waals surface area contributed by atoms with Crippen LogP contribution in [-0.4, -0.2) is 11.2 Å². The van der Waals surface area contributed by atoms with E-state index in [1.807, 2.05) is 6.08 Å². The summed E-state index contributed by atoms with van der Waals surface area (Å²) in [5, 5.41) is 9.43. The largest absolute Gasteiger partial charge is 0.393 e. The third kappa shape index (κ3) is 1.40. The van der Waals surface area contributed by atoms with E-state index in [0.717, 1.165) is 12.8 Å². The molecule has 0 heterocycles. The molecule has 0 aliphatic heterocycles. The van der Waals surface area contributed by atoms with Crippen LogP contribution in [0, 0.1) is 11.8 Å². The average Bonchev–Trinajstić information content (AvgIpc) is 1.95. The summed E-state index contributed by atoms with van der Waals surface area (Å²) in [4.78, 5) is 0. The molecule has 0 unspecified atom stereocenters. The Hall–Kier alpha value is -0.300. The van der Waals surface area contributed by atoms with Crippen molar-refractivity contribution in [1.82, 2.24) is 0 Å². The zero-order valence-electron chi connectivity index (χ0n) is 6.59. The van der Waals surface area contributed by atoms with Crippen LogP contribution in [0.5, 0.6) is 0 Å². The quantitative estimate of drug-likeness (QED) is 0.552. The number of hydrogen-bond acceptors (Lipinski definition) is 1. The van der Waals surface area contributed by atoms with Gasteiger partial charge in [-0.1, -0.05) is 19.4 Å². The summed E-state index contributed by atoms with van der Waals surface area (Å²) in [5.41, 5.74) is 0. The van der Waals surface area contributed by atoms with Crippen LogP contribution in [0.25, 0.3) is 0 Å². The molecule has 0 bridgehead atoms. The lowest BCUT2D eigenvalue weighted by molar-refractivity contribution is 0.0571. The fourth-order valence-corrected chi connectivity index (χ4v) is 1.71. The van der Waals surface area contributed by atoms with Crippen LogP contribution >= 0.6 is 0 Å². The molecule has 0 aromatic carbocycles. The van der Waals surface area contributed by atoms with Crippen molar-refractivity contribution in [3.8, 4) is 0 Å². The maximum absolute atomic E-state index is 9.43. The first-order valence-electron chi connectivity index (χ1n) is 4.06. The molecule has 1 aliphatic rings. The molecule has 0 spiro atoms. The van der Waals surface area contributed by atoms with Crippen LogP contribution < -0.4 is 0 Å². The Bertz CT molecular complexity index is 120. The van der Waals surface area contributed by atoms with Gasteiger partial charge in [0.05, 0.1) is 6.10 Å². The first kappa shape index (κ1) is 7.80. The molecule has 10 heavy (non-hydrogen) atoms. The fraction of sp³-hybridized carbons (Fsp3) is 0.778. The first-order valence-corrected chi connectivity index (χ1v) is 4.06. The average molecular weight is 140 g/mol. The van der Waals surface area contributed by atoms with Gasteiger partial charge in [-0.25, -0.2) is 0 Å². The van der Waals surface area contributed by atoms with Crippen molar-refractivity contribution in [3.63, 3.8) is 0 Å². The van der Waals surface area contributed by atoms with E-state index in [4.69, 9.17) is 0 Å². The highest BCUT2D eigenvalue weighted by molar-refractivity contribution is 4.89. The number of allylic oxidation sites excluding steroid dienone is 1. The highest BCUT2D eigenvalue weighted by atomic mass is 16.3. The summed E-state index contributed by atoms with van der Waals surface area (Å²) >= 11 is 0. The number of aliphatic hydroxyl groups is 1. The van der Waals surface area contributed by atoms with E-state index >= 15 is 0 Å². The Morgan fingerprint density at radius 3 is 2.70 bits per heavy atom. The van der Waals surface area contributed by atoms with E-state index in [2.05, 4.69) is 13.5 Å². The minimum absolute atomic E-state index is 0.0863. The Morgan fingerprint density at radius 1 is 1.50 bits per heavy atom.